The number of nitrogens with one attached hydrogen (secondary N) is 1. The van der Waals surface area contributed by atoms with Crippen LogP contribution in [0.25, 0.3) is 0 Å². The number of alkyl carbamates (subject to hydrolysis) is 1. The van der Waals surface area contributed by atoms with Gasteiger partial charge in [0, 0.05) is 27.2 Å². The molecule has 282 valence electrons. The summed E-state index contributed by atoms with van der Waals surface area (Å²) in [4.78, 5) is 64.1. The number of carbonyl (C=O) groups excluding carboxylic acids is 5. The molecule has 3 N–H and O–H groups in total. The third-order valence-electron chi connectivity index (χ3n) is 10.3. The molecule has 3 rings (SSSR count). The van der Waals surface area contributed by atoms with Crippen molar-refractivity contribution in [3.63, 3.8) is 0 Å². The molecule has 0 aromatic rings. The Bertz CT molecular complexity index is 1360. The molecule has 0 radical (unpaired) electrons. The molecule has 11 atom stereocenters. The van der Waals surface area contributed by atoms with E-state index in [-0.39, 0.29) is 30.6 Å². The number of amides is 1. The molecular formula is C37H57NO12. The van der Waals surface area contributed by atoms with E-state index in [4.69, 9.17) is 23.7 Å². The Hall–Kier alpha value is -3.45. The molecule has 3 aliphatic carbocycles. The average molecular weight is 708 g/mol. The molecule has 0 aromatic heterocycles. The first-order chi connectivity index (χ1) is 23.0. The fourth-order valence-corrected chi connectivity index (χ4v) is 8.07. The molecule has 0 saturated heterocycles. The van der Waals surface area contributed by atoms with Crippen molar-refractivity contribution in [1.29, 1.82) is 0 Å². The molecule has 2 saturated carbocycles. The second kappa shape index (κ2) is 15.8. The fraction of sp³-hybridized carbons (Fsp3) is 0.757. The molecule has 0 unspecified atom stereocenters. The Labute approximate surface area is 295 Å². The topological polar surface area (TPSA) is 184 Å². The standard InChI is InChI=1S/C37H57NO12/c1-17(2)13-26(38-35(45)50-36(9,10)11)31(43)34(44)49-28-15-24-14-25-19(4)27(42)16-29(46-21(6)39)37(25,12)33(48-23(8)41)32(47-22(7)40)30(18(24)3)20(28)5/h17-18,24-29,31-33,42-43H,4,13-16H2,1-3,5-12H3,(H,38,45)/t18-,24-,25-,26+,27+,28+,29+,31-,32-,33+,37+/m1/s1. The number of hydrogen-bond acceptors (Lipinski definition) is 12. The molecule has 1 amide bonds. The molecule has 50 heavy (non-hydrogen) atoms. The van der Waals surface area contributed by atoms with Gasteiger partial charge in [-0.15, -0.1) is 0 Å². The lowest BCUT2D eigenvalue weighted by molar-refractivity contribution is -0.208. The van der Waals surface area contributed by atoms with Gasteiger partial charge in [0.15, 0.2) is 18.3 Å². The second-order valence-corrected chi connectivity index (χ2v) is 15.8. The van der Waals surface area contributed by atoms with E-state index in [1.165, 1.54) is 20.8 Å². The van der Waals surface area contributed by atoms with E-state index in [1.807, 2.05) is 20.8 Å². The van der Waals surface area contributed by atoms with Crippen LogP contribution in [-0.2, 0) is 42.9 Å². The van der Waals surface area contributed by atoms with Crippen molar-refractivity contribution in [2.24, 2.45) is 29.1 Å². The monoisotopic (exact) mass is 707 g/mol. The normalized spacial score (nSPS) is 32.4. The zero-order valence-electron chi connectivity index (χ0n) is 31.4. The van der Waals surface area contributed by atoms with Crippen molar-refractivity contribution in [2.75, 3.05) is 0 Å². The molecule has 13 heteroatoms. The van der Waals surface area contributed by atoms with E-state index in [9.17, 15) is 34.2 Å². The number of esters is 4. The highest BCUT2D eigenvalue weighted by Crippen LogP contribution is 2.57. The highest BCUT2D eigenvalue weighted by Gasteiger charge is 2.62. The van der Waals surface area contributed by atoms with Crippen LogP contribution in [-0.4, -0.2) is 88.5 Å². The molecule has 2 bridgehead atoms. The van der Waals surface area contributed by atoms with E-state index in [2.05, 4.69) is 11.9 Å². The first kappa shape index (κ1) is 41.0. The molecule has 2 fully saturated rings. The molecule has 0 spiro atoms. The number of aliphatic hydroxyl groups excluding tert-OH is 2. The Balaban J connectivity index is 2.13. The molecule has 0 heterocycles. The summed E-state index contributed by atoms with van der Waals surface area (Å²) in [7, 11) is 0. The summed E-state index contributed by atoms with van der Waals surface area (Å²) in [6, 6.07) is -1.01. The van der Waals surface area contributed by atoms with Gasteiger partial charge in [0.2, 0.25) is 0 Å². The third kappa shape index (κ3) is 9.25. The molecular weight excluding hydrogens is 650 g/mol. The van der Waals surface area contributed by atoms with E-state index in [0.717, 1.165) is 0 Å². The number of rotatable bonds is 9. The maximum absolute atomic E-state index is 13.7. The van der Waals surface area contributed by atoms with Gasteiger partial charge in [-0.25, -0.2) is 9.59 Å². The number of aliphatic hydroxyl groups is 2. The Morgan fingerprint density at radius 3 is 2.06 bits per heavy atom. The van der Waals surface area contributed by atoms with Crippen LogP contribution in [0.2, 0.25) is 0 Å². The predicted octanol–water partition coefficient (Wildman–Crippen LogP) is 4.31. The number of fused-ring (bicyclic) bond motifs is 3. The van der Waals surface area contributed by atoms with Crippen molar-refractivity contribution < 1.29 is 57.9 Å². The van der Waals surface area contributed by atoms with Crippen molar-refractivity contribution in [2.45, 2.75) is 150 Å². The van der Waals surface area contributed by atoms with Crippen molar-refractivity contribution in [3.8, 4) is 0 Å². The van der Waals surface area contributed by atoms with E-state index in [0.29, 0.717) is 29.6 Å². The minimum Gasteiger partial charge on any atom is -0.462 e. The summed E-state index contributed by atoms with van der Waals surface area (Å²) < 4.78 is 29.2. The van der Waals surface area contributed by atoms with Crippen molar-refractivity contribution in [1.82, 2.24) is 5.32 Å². The Kier molecular flexibility index (Phi) is 13.0. The molecule has 0 aliphatic heterocycles. The maximum atomic E-state index is 13.7. The van der Waals surface area contributed by atoms with Gasteiger partial charge in [0.25, 0.3) is 0 Å². The highest BCUT2D eigenvalue weighted by atomic mass is 16.6. The minimum absolute atomic E-state index is 0.00121. The van der Waals surface area contributed by atoms with Crippen LogP contribution in [0.15, 0.2) is 23.3 Å². The average Bonchev–Trinajstić information content (AvgIpc) is 2.95. The maximum Gasteiger partial charge on any atom is 0.407 e. The van der Waals surface area contributed by atoms with Crippen LogP contribution in [0.4, 0.5) is 4.79 Å². The summed E-state index contributed by atoms with van der Waals surface area (Å²) >= 11 is 0. The third-order valence-corrected chi connectivity index (χ3v) is 10.3. The van der Waals surface area contributed by atoms with Crippen molar-refractivity contribution in [3.05, 3.63) is 23.3 Å². The van der Waals surface area contributed by atoms with E-state index < -0.39 is 89.6 Å². The highest BCUT2D eigenvalue weighted by molar-refractivity contribution is 5.77. The molecule has 3 aliphatic rings. The quantitative estimate of drug-likeness (QED) is 0.176. The van der Waals surface area contributed by atoms with E-state index in [1.54, 1.807) is 34.6 Å². The van der Waals surface area contributed by atoms with E-state index >= 15 is 0 Å². The Morgan fingerprint density at radius 2 is 1.54 bits per heavy atom. The van der Waals surface area contributed by atoms with Gasteiger partial charge in [0.05, 0.1) is 17.6 Å². The lowest BCUT2D eigenvalue weighted by atomic mass is 9.52. The first-order valence-electron chi connectivity index (χ1n) is 17.4. The van der Waals surface area contributed by atoms with Gasteiger partial charge in [-0.3, -0.25) is 14.4 Å². The first-order valence-corrected chi connectivity index (χ1v) is 17.4. The van der Waals surface area contributed by atoms with Gasteiger partial charge in [-0.1, -0.05) is 34.3 Å². The number of carbonyl (C=O) groups is 5. The number of ether oxygens (including phenoxy) is 5. The van der Waals surface area contributed by atoms with Gasteiger partial charge >= 0.3 is 30.0 Å². The smallest absolute Gasteiger partial charge is 0.407 e. The summed E-state index contributed by atoms with van der Waals surface area (Å²) in [5.74, 6) is -3.97. The van der Waals surface area contributed by atoms with Crippen molar-refractivity contribution >= 4 is 30.0 Å². The SMILES string of the molecule is C=C1[C@H]2C[C@@H]3C[C@H](OC(=O)[C@H](O)[C@H](CC(C)C)NC(=O)OC(C)(C)C)C(C)=C([C@@H](OC(C)=O)[C@H](OC(C)=O)[C@]2(C)[C@@H](OC(C)=O)C[C@@H]1O)[C@@H]3C. The van der Waals surface area contributed by atoms with Crippen LogP contribution in [0.1, 0.15) is 102 Å². The zero-order chi connectivity index (χ0) is 38.0. The van der Waals surface area contributed by atoms with Crippen LogP contribution < -0.4 is 5.32 Å². The van der Waals surface area contributed by atoms with Gasteiger partial charge < -0.3 is 39.2 Å². The summed E-state index contributed by atoms with van der Waals surface area (Å²) in [6.07, 6.45) is -6.80. The van der Waals surface area contributed by atoms with Gasteiger partial charge in [-0.05, 0) is 87.3 Å². The molecule has 13 nitrogen and oxygen atoms in total. The lowest BCUT2D eigenvalue weighted by Crippen LogP contribution is -2.63. The van der Waals surface area contributed by atoms with Crippen LogP contribution in [0, 0.1) is 29.1 Å². The van der Waals surface area contributed by atoms with Crippen LogP contribution in [0.3, 0.4) is 0 Å². The fourth-order valence-electron chi connectivity index (χ4n) is 8.07. The molecule has 0 aromatic carbocycles. The summed E-state index contributed by atoms with van der Waals surface area (Å²) in [5, 5.41) is 25.0. The summed E-state index contributed by atoms with van der Waals surface area (Å²) in [5.41, 5.74) is -0.386. The largest absolute Gasteiger partial charge is 0.462 e. The minimum atomic E-state index is -1.73. The van der Waals surface area contributed by atoms with Crippen LogP contribution in [0.5, 0.6) is 0 Å². The van der Waals surface area contributed by atoms with Crippen LogP contribution >= 0.6 is 0 Å². The Morgan fingerprint density at radius 1 is 0.960 bits per heavy atom. The second-order valence-electron chi connectivity index (χ2n) is 15.8. The summed E-state index contributed by atoms with van der Waals surface area (Å²) in [6.45, 7) is 22.3. The lowest BCUT2D eigenvalue weighted by Gasteiger charge is -2.57. The number of hydrogen-bond donors (Lipinski definition) is 3. The van der Waals surface area contributed by atoms with Gasteiger partial charge in [-0.2, -0.15) is 0 Å². The van der Waals surface area contributed by atoms with Gasteiger partial charge in [0.1, 0.15) is 17.8 Å². The predicted molar refractivity (Wildman–Crippen MR) is 181 cm³/mol. The zero-order valence-corrected chi connectivity index (χ0v) is 31.4.